The molecule has 0 spiro atoms. The van der Waals surface area contributed by atoms with Gasteiger partial charge in [-0.15, -0.1) is 0 Å². The summed E-state index contributed by atoms with van der Waals surface area (Å²) in [7, 11) is 0. The van der Waals surface area contributed by atoms with Gasteiger partial charge in [-0.1, -0.05) is 30.4 Å². The summed E-state index contributed by atoms with van der Waals surface area (Å²) in [5.74, 6) is 2.32. The van der Waals surface area contributed by atoms with Crippen LogP contribution in [0.5, 0.6) is 17.4 Å². The average molecular weight is 346 g/mol. The molecule has 130 valence electrons. The second-order valence-corrected chi connectivity index (χ2v) is 6.21. The topological polar surface area (TPSA) is 64.2 Å². The van der Waals surface area contributed by atoms with Gasteiger partial charge >= 0.3 is 0 Å². The molecule has 2 heterocycles. The van der Waals surface area contributed by atoms with E-state index in [9.17, 15) is 4.79 Å². The molecule has 2 aromatic carbocycles. The molecule has 0 bridgehead atoms. The first-order valence-corrected chi connectivity index (χ1v) is 8.39. The third-order valence-corrected chi connectivity index (χ3v) is 4.26. The van der Waals surface area contributed by atoms with E-state index in [1.54, 1.807) is 6.08 Å². The van der Waals surface area contributed by atoms with E-state index in [2.05, 4.69) is 16.5 Å². The van der Waals surface area contributed by atoms with Gasteiger partial charge in [0.05, 0.1) is 5.56 Å². The highest BCUT2D eigenvalue weighted by atomic mass is 16.5. The number of fused-ring (bicyclic) bond motifs is 2. The van der Waals surface area contributed by atoms with Crippen molar-refractivity contribution in [3.05, 3.63) is 82.2 Å². The summed E-state index contributed by atoms with van der Waals surface area (Å²) >= 11 is 0. The van der Waals surface area contributed by atoms with Crippen LogP contribution in [0, 0.1) is 6.92 Å². The maximum Gasteiger partial charge on any atom is 0.258 e. The molecule has 0 saturated carbocycles. The second kappa shape index (κ2) is 6.52. The second-order valence-electron chi connectivity index (χ2n) is 6.21. The van der Waals surface area contributed by atoms with Crippen LogP contribution in [-0.2, 0) is 6.42 Å². The number of nitrogens with zero attached hydrogens (tertiary/aromatic N) is 1. The van der Waals surface area contributed by atoms with Gasteiger partial charge in [0.15, 0.2) is 0 Å². The maximum atomic E-state index is 12.5. The van der Waals surface area contributed by atoms with Crippen molar-refractivity contribution in [3.8, 4) is 28.8 Å². The molecule has 5 nitrogen and oxygen atoms in total. The first-order chi connectivity index (χ1) is 12.6. The Kier molecular flexibility index (Phi) is 4.05. The van der Waals surface area contributed by atoms with E-state index in [4.69, 9.17) is 9.47 Å². The minimum absolute atomic E-state index is 0.177. The van der Waals surface area contributed by atoms with Crippen molar-refractivity contribution in [2.24, 2.45) is 0 Å². The fraction of sp³-hybridized carbons (Fsp3) is 0.143. The Bertz CT molecular complexity index is 1040. The van der Waals surface area contributed by atoms with Gasteiger partial charge in [0.2, 0.25) is 5.88 Å². The van der Waals surface area contributed by atoms with E-state index in [0.29, 0.717) is 30.3 Å². The van der Waals surface area contributed by atoms with Gasteiger partial charge in [0.1, 0.15) is 23.9 Å². The Hall–Kier alpha value is -3.34. The Balaban J connectivity index is 1.68. The van der Waals surface area contributed by atoms with Crippen molar-refractivity contribution in [2.75, 3.05) is 6.61 Å². The van der Waals surface area contributed by atoms with E-state index in [1.807, 2.05) is 49.4 Å². The first-order valence-electron chi connectivity index (χ1n) is 8.39. The van der Waals surface area contributed by atoms with Crippen molar-refractivity contribution in [3.63, 3.8) is 0 Å². The van der Waals surface area contributed by atoms with Crippen LogP contribution in [0.4, 0.5) is 0 Å². The van der Waals surface area contributed by atoms with Gasteiger partial charge in [-0.05, 0) is 42.8 Å². The highest BCUT2D eigenvalue weighted by Crippen LogP contribution is 2.34. The SMILES string of the molecule is C=CCOc1ccc(-c2nc3c(c(=O)[nH]2)Cc2cc(C)ccc2O3)cc1. The number of aromatic amines is 1. The largest absolute Gasteiger partial charge is 0.490 e. The molecule has 0 fully saturated rings. The minimum Gasteiger partial charge on any atom is -0.490 e. The van der Waals surface area contributed by atoms with Crippen molar-refractivity contribution in [1.29, 1.82) is 0 Å². The van der Waals surface area contributed by atoms with Crippen LogP contribution in [-0.4, -0.2) is 16.6 Å². The number of hydrogen-bond acceptors (Lipinski definition) is 4. The lowest BCUT2D eigenvalue weighted by molar-refractivity contribution is 0.363. The van der Waals surface area contributed by atoms with Crippen LogP contribution in [0.3, 0.4) is 0 Å². The number of aryl methyl sites for hydroxylation is 1. The van der Waals surface area contributed by atoms with Gasteiger partial charge in [-0.25, -0.2) is 0 Å². The Labute approximate surface area is 151 Å². The molecule has 5 heteroatoms. The molecular weight excluding hydrogens is 328 g/mol. The van der Waals surface area contributed by atoms with E-state index in [1.165, 1.54) is 0 Å². The zero-order chi connectivity index (χ0) is 18.1. The zero-order valence-corrected chi connectivity index (χ0v) is 14.4. The summed E-state index contributed by atoms with van der Waals surface area (Å²) in [6, 6.07) is 13.3. The van der Waals surface area contributed by atoms with Gasteiger partial charge < -0.3 is 14.5 Å². The van der Waals surface area contributed by atoms with Crippen molar-refractivity contribution >= 4 is 0 Å². The number of benzene rings is 2. The molecule has 3 aromatic rings. The van der Waals surface area contributed by atoms with E-state index < -0.39 is 0 Å². The van der Waals surface area contributed by atoms with Gasteiger partial charge in [0.25, 0.3) is 5.56 Å². The lowest BCUT2D eigenvalue weighted by Crippen LogP contribution is -2.20. The smallest absolute Gasteiger partial charge is 0.258 e. The molecule has 1 aromatic heterocycles. The lowest BCUT2D eigenvalue weighted by Gasteiger charge is -2.19. The molecule has 1 N–H and O–H groups in total. The predicted molar refractivity (Wildman–Crippen MR) is 100 cm³/mol. The number of rotatable bonds is 4. The van der Waals surface area contributed by atoms with Gasteiger partial charge in [-0.2, -0.15) is 4.98 Å². The van der Waals surface area contributed by atoms with E-state index >= 15 is 0 Å². The van der Waals surface area contributed by atoms with Crippen molar-refractivity contribution in [1.82, 2.24) is 9.97 Å². The molecular formula is C21H18N2O3. The molecule has 0 aliphatic carbocycles. The Morgan fingerprint density at radius 2 is 2.08 bits per heavy atom. The van der Waals surface area contributed by atoms with Crippen LogP contribution < -0.4 is 15.0 Å². The third kappa shape index (κ3) is 2.99. The molecule has 0 atom stereocenters. The van der Waals surface area contributed by atoms with E-state index in [-0.39, 0.29) is 5.56 Å². The number of aromatic nitrogens is 2. The fourth-order valence-corrected chi connectivity index (χ4v) is 2.96. The van der Waals surface area contributed by atoms with Gasteiger partial charge in [0, 0.05) is 12.0 Å². The van der Waals surface area contributed by atoms with Gasteiger partial charge in [-0.3, -0.25) is 4.79 Å². The third-order valence-electron chi connectivity index (χ3n) is 4.26. The molecule has 4 rings (SSSR count). The summed E-state index contributed by atoms with van der Waals surface area (Å²) in [5.41, 5.74) is 3.30. The van der Waals surface area contributed by atoms with Crippen LogP contribution in [0.15, 0.2) is 59.9 Å². The lowest BCUT2D eigenvalue weighted by atomic mass is 10.0. The number of nitrogens with one attached hydrogen (secondary N) is 1. The van der Waals surface area contributed by atoms with Crippen LogP contribution >= 0.6 is 0 Å². The van der Waals surface area contributed by atoms with Crippen LogP contribution in [0.25, 0.3) is 11.4 Å². The Morgan fingerprint density at radius 3 is 2.85 bits per heavy atom. The number of hydrogen-bond donors (Lipinski definition) is 1. The molecule has 0 amide bonds. The fourth-order valence-electron chi connectivity index (χ4n) is 2.96. The summed E-state index contributed by atoms with van der Waals surface area (Å²) < 4.78 is 11.4. The highest BCUT2D eigenvalue weighted by molar-refractivity contribution is 5.58. The number of H-pyrrole nitrogens is 1. The standard InChI is InChI=1S/C21H18N2O3/c1-3-10-25-16-7-5-14(6-8-16)19-22-20(24)17-12-15-11-13(2)4-9-18(15)26-21(17)23-19/h3-9,11H,1,10,12H2,2H3,(H,22,23,24). The minimum atomic E-state index is -0.177. The molecule has 0 saturated heterocycles. The number of ether oxygens (including phenoxy) is 2. The molecule has 1 aliphatic heterocycles. The average Bonchev–Trinajstić information content (AvgIpc) is 2.65. The predicted octanol–water partition coefficient (Wildman–Crippen LogP) is 4.01. The highest BCUT2D eigenvalue weighted by Gasteiger charge is 2.22. The zero-order valence-electron chi connectivity index (χ0n) is 14.4. The molecule has 0 unspecified atom stereocenters. The quantitative estimate of drug-likeness (QED) is 0.567. The van der Waals surface area contributed by atoms with Crippen molar-refractivity contribution in [2.45, 2.75) is 13.3 Å². The maximum absolute atomic E-state index is 12.5. The first kappa shape index (κ1) is 16.1. The normalized spacial score (nSPS) is 11.9. The summed E-state index contributed by atoms with van der Waals surface area (Å²) in [6.45, 7) is 6.09. The molecule has 0 radical (unpaired) electrons. The van der Waals surface area contributed by atoms with Crippen molar-refractivity contribution < 1.29 is 9.47 Å². The molecule has 26 heavy (non-hydrogen) atoms. The van der Waals surface area contributed by atoms with Crippen LogP contribution in [0.1, 0.15) is 16.7 Å². The monoisotopic (exact) mass is 346 g/mol. The molecule has 1 aliphatic rings. The van der Waals surface area contributed by atoms with E-state index in [0.717, 1.165) is 28.2 Å². The Morgan fingerprint density at radius 1 is 1.27 bits per heavy atom. The van der Waals surface area contributed by atoms with Crippen LogP contribution in [0.2, 0.25) is 0 Å². The summed E-state index contributed by atoms with van der Waals surface area (Å²) in [5, 5.41) is 0. The summed E-state index contributed by atoms with van der Waals surface area (Å²) in [4.78, 5) is 19.9. The summed E-state index contributed by atoms with van der Waals surface area (Å²) in [6.07, 6.45) is 2.20.